The molecule has 1 unspecified atom stereocenters. The van der Waals surface area contributed by atoms with Crippen LogP contribution in [0.25, 0.3) is 0 Å². The molecule has 0 saturated carbocycles. The van der Waals surface area contributed by atoms with Gasteiger partial charge < -0.3 is 5.11 Å². The van der Waals surface area contributed by atoms with Gasteiger partial charge in [0.1, 0.15) is 11.9 Å². The molecule has 1 atom stereocenters. The Bertz CT molecular complexity index is 569. The van der Waals surface area contributed by atoms with Gasteiger partial charge in [-0.3, -0.25) is 0 Å². The number of aliphatic hydroxyl groups excluding tert-OH is 1. The molecule has 0 aliphatic heterocycles. The van der Waals surface area contributed by atoms with Crippen molar-refractivity contribution in [3.63, 3.8) is 0 Å². The fourth-order valence-corrected chi connectivity index (χ4v) is 2.72. The van der Waals surface area contributed by atoms with Crippen molar-refractivity contribution in [3.8, 4) is 0 Å². The van der Waals surface area contributed by atoms with Gasteiger partial charge in [0.05, 0.1) is 0 Å². The fraction of sp³-hybridized carbons (Fsp3) is 0.0769. The minimum Gasteiger partial charge on any atom is -0.383 e. The third-order valence-corrected chi connectivity index (χ3v) is 3.78. The third kappa shape index (κ3) is 2.69. The first-order valence-electron chi connectivity index (χ1n) is 5.07. The average molecular weight is 350 g/mol. The van der Waals surface area contributed by atoms with Crippen LogP contribution in [0.5, 0.6) is 0 Å². The molecule has 0 bridgehead atoms. The van der Waals surface area contributed by atoms with Crippen molar-refractivity contribution in [2.75, 3.05) is 0 Å². The fourth-order valence-electron chi connectivity index (χ4n) is 1.65. The van der Waals surface area contributed by atoms with Crippen LogP contribution in [-0.4, -0.2) is 5.11 Å². The Morgan fingerprint density at radius 2 is 1.89 bits per heavy atom. The lowest BCUT2D eigenvalue weighted by atomic mass is 10.0. The molecule has 0 aliphatic carbocycles. The smallest absolute Gasteiger partial charge is 0.130 e. The second-order valence-corrected chi connectivity index (χ2v) is 5.40. The van der Waals surface area contributed by atoms with E-state index >= 15 is 0 Å². The Hall–Kier alpha value is -0.610. The van der Waals surface area contributed by atoms with Gasteiger partial charge in [0, 0.05) is 25.6 Å². The highest BCUT2D eigenvalue weighted by Gasteiger charge is 2.20. The molecule has 0 amide bonds. The monoisotopic (exact) mass is 348 g/mol. The number of benzene rings is 2. The lowest BCUT2D eigenvalue weighted by Crippen LogP contribution is -2.04. The van der Waals surface area contributed by atoms with Crippen molar-refractivity contribution in [1.29, 1.82) is 0 Å². The van der Waals surface area contributed by atoms with Crippen LogP contribution in [0.2, 0.25) is 10.0 Å². The van der Waals surface area contributed by atoms with E-state index in [0.29, 0.717) is 20.1 Å². The summed E-state index contributed by atoms with van der Waals surface area (Å²) in [5, 5.41) is 11.0. The zero-order valence-electron chi connectivity index (χ0n) is 9.00. The maximum absolute atomic E-state index is 13.7. The molecule has 5 heteroatoms. The van der Waals surface area contributed by atoms with Gasteiger partial charge in [0.25, 0.3) is 0 Å². The summed E-state index contributed by atoms with van der Waals surface area (Å²) < 4.78 is 14.2. The van der Waals surface area contributed by atoms with Gasteiger partial charge in [0.2, 0.25) is 0 Å². The Labute approximate surface area is 122 Å². The molecular weight excluding hydrogens is 342 g/mol. The molecule has 0 aliphatic rings. The van der Waals surface area contributed by atoms with Gasteiger partial charge in [-0.1, -0.05) is 51.3 Å². The first-order chi connectivity index (χ1) is 8.50. The molecule has 1 nitrogen and oxygen atoms in total. The van der Waals surface area contributed by atoms with Crippen LogP contribution in [0, 0.1) is 5.82 Å². The normalized spacial score (nSPS) is 12.5. The van der Waals surface area contributed by atoms with E-state index < -0.39 is 11.9 Å². The number of rotatable bonds is 2. The van der Waals surface area contributed by atoms with E-state index in [1.54, 1.807) is 24.3 Å². The van der Waals surface area contributed by atoms with Crippen molar-refractivity contribution < 1.29 is 9.50 Å². The van der Waals surface area contributed by atoms with Crippen LogP contribution in [0.15, 0.2) is 40.9 Å². The molecule has 2 aromatic rings. The maximum atomic E-state index is 13.7. The summed E-state index contributed by atoms with van der Waals surface area (Å²) in [5.41, 5.74) is 0.564. The van der Waals surface area contributed by atoms with Crippen LogP contribution in [0.4, 0.5) is 4.39 Å². The van der Waals surface area contributed by atoms with E-state index in [4.69, 9.17) is 23.2 Å². The minimum atomic E-state index is -1.15. The molecule has 0 fully saturated rings. The molecule has 94 valence electrons. The molecule has 0 saturated heterocycles. The number of hydrogen-bond donors (Lipinski definition) is 1. The highest BCUT2D eigenvalue weighted by atomic mass is 79.9. The van der Waals surface area contributed by atoms with Crippen molar-refractivity contribution in [2.45, 2.75) is 6.10 Å². The van der Waals surface area contributed by atoms with Crippen LogP contribution < -0.4 is 0 Å². The Kier molecular flexibility index (Phi) is 4.28. The largest absolute Gasteiger partial charge is 0.383 e. The lowest BCUT2D eigenvalue weighted by molar-refractivity contribution is 0.214. The zero-order valence-corrected chi connectivity index (χ0v) is 12.1. The van der Waals surface area contributed by atoms with E-state index in [1.165, 1.54) is 12.1 Å². The van der Waals surface area contributed by atoms with Crippen LogP contribution in [-0.2, 0) is 0 Å². The van der Waals surface area contributed by atoms with E-state index in [-0.39, 0.29) is 5.56 Å². The van der Waals surface area contributed by atoms with Crippen molar-refractivity contribution >= 4 is 39.1 Å². The predicted molar refractivity (Wildman–Crippen MR) is 74.6 cm³/mol. The summed E-state index contributed by atoms with van der Waals surface area (Å²) in [7, 11) is 0. The summed E-state index contributed by atoms with van der Waals surface area (Å²) in [6, 6.07) is 9.18. The predicted octanol–water partition coefficient (Wildman–Crippen LogP) is 4.98. The molecule has 0 radical (unpaired) electrons. The van der Waals surface area contributed by atoms with Crippen LogP contribution in [0.1, 0.15) is 17.2 Å². The van der Waals surface area contributed by atoms with Gasteiger partial charge in [-0.25, -0.2) is 4.39 Å². The molecule has 1 N–H and O–H groups in total. The van der Waals surface area contributed by atoms with E-state index in [2.05, 4.69) is 15.9 Å². The summed E-state index contributed by atoms with van der Waals surface area (Å²) >= 11 is 15.0. The molecule has 2 rings (SSSR count). The quantitative estimate of drug-likeness (QED) is 0.810. The van der Waals surface area contributed by atoms with Crippen molar-refractivity contribution in [2.24, 2.45) is 0 Å². The van der Waals surface area contributed by atoms with Gasteiger partial charge in [-0.2, -0.15) is 0 Å². The van der Waals surface area contributed by atoms with Gasteiger partial charge in [0.15, 0.2) is 0 Å². The van der Waals surface area contributed by atoms with Crippen molar-refractivity contribution in [1.82, 2.24) is 0 Å². The highest BCUT2D eigenvalue weighted by molar-refractivity contribution is 9.10. The topological polar surface area (TPSA) is 20.2 Å². The SMILES string of the molecule is OC(c1ccc(Cl)cc1Cl)c1c(F)cccc1Br. The summed E-state index contributed by atoms with van der Waals surface area (Å²) in [6.45, 7) is 0. The summed E-state index contributed by atoms with van der Waals surface area (Å²) in [4.78, 5) is 0. The Morgan fingerprint density at radius 1 is 1.17 bits per heavy atom. The molecule has 2 aromatic carbocycles. The maximum Gasteiger partial charge on any atom is 0.130 e. The van der Waals surface area contributed by atoms with Gasteiger partial charge in [-0.05, 0) is 24.3 Å². The first kappa shape index (κ1) is 13.8. The van der Waals surface area contributed by atoms with Crippen LogP contribution >= 0.6 is 39.1 Å². The molecule has 0 aromatic heterocycles. The number of aliphatic hydroxyl groups is 1. The average Bonchev–Trinajstić information content (AvgIpc) is 2.28. The standard InChI is InChI=1S/C13H8BrCl2FO/c14-9-2-1-3-11(17)12(9)13(18)8-5-4-7(15)6-10(8)16/h1-6,13,18H. The number of hydrogen-bond acceptors (Lipinski definition) is 1. The van der Waals surface area contributed by atoms with E-state index in [9.17, 15) is 9.50 Å². The first-order valence-corrected chi connectivity index (χ1v) is 6.62. The van der Waals surface area contributed by atoms with Gasteiger partial charge >= 0.3 is 0 Å². The second kappa shape index (κ2) is 5.57. The summed E-state index contributed by atoms with van der Waals surface area (Å²) in [5.74, 6) is -0.497. The molecule has 18 heavy (non-hydrogen) atoms. The Morgan fingerprint density at radius 3 is 2.50 bits per heavy atom. The molecule has 0 spiro atoms. The minimum absolute atomic E-state index is 0.154. The van der Waals surface area contributed by atoms with Crippen LogP contribution in [0.3, 0.4) is 0 Å². The Balaban J connectivity index is 2.51. The van der Waals surface area contributed by atoms with E-state index in [0.717, 1.165) is 0 Å². The lowest BCUT2D eigenvalue weighted by Gasteiger charge is -2.15. The number of halogens is 4. The molecule has 0 heterocycles. The van der Waals surface area contributed by atoms with Crippen molar-refractivity contribution in [3.05, 3.63) is 67.9 Å². The third-order valence-electron chi connectivity index (χ3n) is 2.53. The highest BCUT2D eigenvalue weighted by Crippen LogP contribution is 2.34. The molecular formula is C13H8BrCl2FO. The zero-order chi connectivity index (χ0) is 13.3. The van der Waals surface area contributed by atoms with E-state index in [1.807, 2.05) is 0 Å². The summed E-state index contributed by atoms with van der Waals surface area (Å²) in [6.07, 6.45) is -1.15. The second-order valence-electron chi connectivity index (χ2n) is 3.70. The van der Waals surface area contributed by atoms with Gasteiger partial charge in [-0.15, -0.1) is 0 Å².